The molecule has 41 heavy (non-hydrogen) atoms. The first kappa shape index (κ1) is 27.8. The zero-order valence-corrected chi connectivity index (χ0v) is 23.8. The van der Waals surface area contributed by atoms with Crippen LogP contribution in [0.5, 0.6) is 0 Å². The minimum Gasteiger partial charge on any atom is -0.478 e. The van der Waals surface area contributed by atoms with Gasteiger partial charge in [0.05, 0.1) is 11.1 Å². The molecule has 0 spiro atoms. The smallest absolute Gasteiger partial charge is 0.336 e. The van der Waals surface area contributed by atoms with E-state index in [4.69, 9.17) is 9.97 Å². The number of pyridine rings is 2. The van der Waals surface area contributed by atoms with Gasteiger partial charge < -0.3 is 20.0 Å². The summed E-state index contributed by atoms with van der Waals surface area (Å²) in [5, 5.41) is 18.9. The van der Waals surface area contributed by atoms with E-state index < -0.39 is 11.9 Å². The van der Waals surface area contributed by atoms with Crippen LogP contribution in [0.1, 0.15) is 49.4 Å². The van der Waals surface area contributed by atoms with E-state index in [1.807, 2.05) is 88.6 Å². The molecule has 3 heterocycles. The Bertz CT molecular complexity index is 1450. The Morgan fingerprint density at radius 3 is 1.24 bits per heavy atom. The van der Waals surface area contributed by atoms with Gasteiger partial charge >= 0.3 is 11.9 Å². The predicted octanol–water partition coefficient (Wildman–Crippen LogP) is 6.16. The van der Waals surface area contributed by atoms with Crippen LogP contribution in [0, 0.1) is 27.7 Å². The summed E-state index contributed by atoms with van der Waals surface area (Å²) in [6.45, 7) is 10.7. The van der Waals surface area contributed by atoms with Crippen molar-refractivity contribution in [2.75, 3.05) is 36.0 Å². The van der Waals surface area contributed by atoms with Gasteiger partial charge in [-0.15, -0.1) is 0 Å². The lowest BCUT2D eigenvalue weighted by atomic mass is 9.96. The lowest BCUT2D eigenvalue weighted by molar-refractivity contribution is 0.0684. The first-order chi connectivity index (χ1) is 19.6. The molecule has 0 unspecified atom stereocenters. The first-order valence-corrected chi connectivity index (χ1v) is 13.7. The largest absolute Gasteiger partial charge is 0.478 e. The summed E-state index contributed by atoms with van der Waals surface area (Å²) in [5.41, 5.74) is 7.53. The maximum Gasteiger partial charge on any atom is 0.336 e. The Hall–Kier alpha value is -4.72. The minimum absolute atomic E-state index is 0.358. The van der Waals surface area contributed by atoms with E-state index in [1.54, 1.807) is 0 Å². The van der Waals surface area contributed by atoms with Gasteiger partial charge in [-0.3, -0.25) is 0 Å². The molecule has 8 nitrogen and oxygen atoms in total. The van der Waals surface area contributed by atoms with Crippen LogP contribution in [0.4, 0.5) is 11.6 Å². The maximum absolute atomic E-state index is 11.5. The second kappa shape index (κ2) is 11.4. The summed E-state index contributed by atoms with van der Waals surface area (Å²) >= 11 is 0. The van der Waals surface area contributed by atoms with Gasteiger partial charge in [0.15, 0.2) is 0 Å². The van der Waals surface area contributed by atoms with Crippen molar-refractivity contribution in [3.05, 3.63) is 94.3 Å². The van der Waals surface area contributed by atoms with E-state index in [1.165, 1.54) is 0 Å². The zero-order valence-electron chi connectivity index (χ0n) is 23.8. The quantitative estimate of drug-likeness (QED) is 0.294. The summed E-state index contributed by atoms with van der Waals surface area (Å²) in [6, 6.07) is 15.8. The van der Waals surface area contributed by atoms with Crippen LogP contribution in [0.3, 0.4) is 0 Å². The Labute approximate surface area is 239 Å². The van der Waals surface area contributed by atoms with Crippen LogP contribution in [0.15, 0.2) is 60.9 Å². The van der Waals surface area contributed by atoms with Gasteiger partial charge in [0.25, 0.3) is 0 Å². The molecule has 0 aliphatic carbocycles. The van der Waals surface area contributed by atoms with Crippen LogP contribution < -0.4 is 9.80 Å². The molecule has 0 saturated carbocycles. The summed E-state index contributed by atoms with van der Waals surface area (Å²) in [7, 11) is 0. The molecule has 1 aliphatic rings. The number of carboxylic acids is 2. The Morgan fingerprint density at radius 1 is 0.585 bits per heavy atom. The summed E-state index contributed by atoms with van der Waals surface area (Å²) in [4.78, 5) is 37.1. The molecular formula is C33H34N4O4. The van der Waals surface area contributed by atoms with E-state index in [9.17, 15) is 19.8 Å². The average Bonchev–Trinajstić information content (AvgIpc) is 3.18. The molecule has 210 valence electrons. The fourth-order valence-electron chi connectivity index (χ4n) is 5.80. The van der Waals surface area contributed by atoms with Crippen molar-refractivity contribution in [1.29, 1.82) is 0 Å². The number of carboxylic acid groups (broad SMARTS) is 2. The molecule has 0 amide bonds. The molecule has 5 rings (SSSR count). The monoisotopic (exact) mass is 550 g/mol. The van der Waals surface area contributed by atoms with E-state index in [-0.39, 0.29) is 0 Å². The predicted molar refractivity (Wildman–Crippen MR) is 161 cm³/mol. The molecule has 1 fully saturated rings. The summed E-state index contributed by atoms with van der Waals surface area (Å²) < 4.78 is 0. The SMILES string of the molecule is Cc1cc(-c2ccc(N3CCCN(c4ccc(-c5cc(C)c(C(=O)O)c(C)c5)cn4)CC3)nc2)cc(C)c1C(=O)O. The van der Waals surface area contributed by atoms with Gasteiger partial charge in [-0.2, -0.15) is 0 Å². The third kappa shape index (κ3) is 5.77. The lowest BCUT2D eigenvalue weighted by Gasteiger charge is -2.23. The van der Waals surface area contributed by atoms with Gasteiger partial charge in [0.2, 0.25) is 0 Å². The number of rotatable bonds is 6. The molecule has 0 atom stereocenters. The van der Waals surface area contributed by atoms with Crippen LogP contribution in [-0.4, -0.2) is 58.3 Å². The molecule has 2 N–H and O–H groups in total. The highest BCUT2D eigenvalue weighted by molar-refractivity contribution is 5.93. The number of hydrogen-bond donors (Lipinski definition) is 2. The number of aromatic nitrogens is 2. The van der Waals surface area contributed by atoms with Crippen molar-refractivity contribution < 1.29 is 19.8 Å². The van der Waals surface area contributed by atoms with Crippen LogP contribution in [-0.2, 0) is 0 Å². The number of anilines is 2. The molecule has 4 aromatic rings. The third-order valence-electron chi connectivity index (χ3n) is 7.80. The molecule has 1 aliphatic heterocycles. The highest BCUT2D eigenvalue weighted by Gasteiger charge is 2.19. The lowest BCUT2D eigenvalue weighted by Crippen LogP contribution is -2.31. The molecule has 2 aromatic carbocycles. The normalized spacial score (nSPS) is 13.7. The van der Waals surface area contributed by atoms with Crippen LogP contribution in [0.25, 0.3) is 22.3 Å². The van der Waals surface area contributed by atoms with E-state index in [0.717, 1.165) is 88.7 Å². The number of benzene rings is 2. The number of hydrogen-bond acceptors (Lipinski definition) is 6. The van der Waals surface area contributed by atoms with E-state index >= 15 is 0 Å². The second-order valence-corrected chi connectivity index (χ2v) is 10.7. The van der Waals surface area contributed by atoms with Crippen molar-refractivity contribution in [2.24, 2.45) is 0 Å². The minimum atomic E-state index is -0.904. The number of aryl methyl sites for hydroxylation is 4. The molecule has 0 radical (unpaired) electrons. The Kier molecular flexibility index (Phi) is 7.75. The third-order valence-corrected chi connectivity index (χ3v) is 7.80. The van der Waals surface area contributed by atoms with Gasteiger partial charge in [-0.05, 0) is 91.8 Å². The fraction of sp³-hybridized carbons (Fsp3) is 0.273. The van der Waals surface area contributed by atoms with Crippen LogP contribution >= 0.6 is 0 Å². The van der Waals surface area contributed by atoms with Crippen molar-refractivity contribution in [3.8, 4) is 22.3 Å². The number of aromatic carboxylic acids is 2. The summed E-state index contributed by atoms with van der Waals surface area (Å²) in [6.07, 6.45) is 4.69. The van der Waals surface area contributed by atoms with Gasteiger partial charge in [0, 0.05) is 49.7 Å². The van der Waals surface area contributed by atoms with Crippen molar-refractivity contribution >= 4 is 23.6 Å². The standard InChI is InChI=1S/C33H34N4O4/c1-20-14-26(15-21(2)30(20)32(38)39)24-6-8-28(34-18-24)36-10-5-11-37(13-12-36)29-9-7-25(19-35-29)27-16-22(3)31(33(40)41)23(4)17-27/h6-9,14-19H,5,10-13H2,1-4H3,(H,38,39)(H,40,41). The van der Waals surface area contributed by atoms with Gasteiger partial charge in [-0.25, -0.2) is 19.6 Å². The van der Waals surface area contributed by atoms with Gasteiger partial charge in [0.1, 0.15) is 11.6 Å². The van der Waals surface area contributed by atoms with Crippen molar-refractivity contribution in [3.63, 3.8) is 0 Å². The molecule has 1 saturated heterocycles. The maximum atomic E-state index is 11.5. The Balaban J connectivity index is 1.26. The molecular weight excluding hydrogens is 516 g/mol. The fourth-order valence-corrected chi connectivity index (χ4v) is 5.80. The average molecular weight is 551 g/mol. The van der Waals surface area contributed by atoms with Crippen molar-refractivity contribution in [1.82, 2.24) is 9.97 Å². The van der Waals surface area contributed by atoms with Crippen LogP contribution in [0.2, 0.25) is 0 Å². The topological polar surface area (TPSA) is 107 Å². The molecule has 8 heteroatoms. The van der Waals surface area contributed by atoms with E-state index in [0.29, 0.717) is 11.1 Å². The Morgan fingerprint density at radius 2 is 0.951 bits per heavy atom. The highest BCUT2D eigenvalue weighted by Crippen LogP contribution is 2.28. The molecule has 2 aromatic heterocycles. The first-order valence-electron chi connectivity index (χ1n) is 13.7. The number of nitrogens with zero attached hydrogens (tertiary/aromatic N) is 4. The number of carbonyl (C=O) groups is 2. The van der Waals surface area contributed by atoms with Gasteiger partial charge in [-0.1, -0.05) is 24.3 Å². The highest BCUT2D eigenvalue weighted by atomic mass is 16.4. The van der Waals surface area contributed by atoms with E-state index in [2.05, 4.69) is 9.80 Å². The molecule has 0 bridgehead atoms. The summed E-state index contributed by atoms with van der Waals surface area (Å²) in [5.74, 6) is 0.0349. The zero-order chi connectivity index (χ0) is 29.3. The van der Waals surface area contributed by atoms with Crippen molar-refractivity contribution in [2.45, 2.75) is 34.1 Å². The second-order valence-electron chi connectivity index (χ2n) is 10.7.